The number of aromatic amines is 1. The lowest BCUT2D eigenvalue weighted by Gasteiger charge is -2.35. The van der Waals surface area contributed by atoms with Gasteiger partial charge >= 0.3 is 0 Å². The Bertz CT molecular complexity index is 1180. The van der Waals surface area contributed by atoms with Crippen LogP contribution in [0.2, 0.25) is 0 Å². The second kappa shape index (κ2) is 9.59. The number of aromatic nitrogens is 2. The Balaban J connectivity index is 1.52. The number of rotatable bonds is 7. The average Bonchev–Trinajstić information content (AvgIpc) is 3.14. The predicted octanol–water partition coefficient (Wildman–Crippen LogP) is 4.83. The van der Waals surface area contributed by atoms with Crippen LogP contribution < -0.4 is 10.3 Å². The summed E-state index contributed by atoms with van der Waals surface area (Å²) in [4.78, 5) is 18.1. The normalized spacial score (nSPS) is 16.0. The zero-order chi connectivity index (χ0) is 24.6. The van der Waals surface area contributed by atoms with Crippen LogP contribution in [-0.4, -0.2) is 51.4 Å². The highest BCUT2D eigenvalue weighted by Crippen LogP contribution is 2.37. The average molecular weight is 466 g/mol. The van der Waals surface area contributed by atoms with Crippen molar-refractivity contribution < 1.29 is 9.84 Å². The van der Waals surface area contributed by atoms with E-state index in [2.05, 4.69) is 35.9 Å². The second-order valence-corrected chi connectivity index (χ2v) is 10.9. The van der Waals surface area contributed by atoms with Crippen LogP contribution in [0.25, 0.3) is 22.2 Å². The SMILES string of the molecule is Cc1cc(-c2[nH]c3ccc(OCC4CCN(CC(C)(C)O)CC4)cc3c2C(C)C)cn(C)c1=O. The Morgan fingerprint density at radius 3 is 2.53 bits per heavy atom. The largest absolute Gasteiger partial charge is 0.493 e. The first-order valence-corrected chi connectivity index (χ1v) is 12.4. The van der Waals surface area contributed by atoms with Crippen molar-refractivity contribution in [2.24, 2.45) is 13.0 Å². The lowest BCUT2D eigenvalue weighted by atomic mass is 9.96. The highest BCUT2D eigenvalue weighted by molar-refractivity contribution is 5.92. The number of β-amino-alcohol motifs (C(OH)–C–C–N with tert-alkyl or cyclic N) is 1. The van der Waals surface area contributed by atoms with Crippen molar-refractivity contribution in [1.29, 1.82) is 0 Å². The van der Waals surface area contributed by atoms with Crippen LogP contribution in [0.4, 0.5) is 0 Å². The number of nitrogens with one attached hydrogen (secondary N) is 1. The monoisotopic (exact) mass is 465 g/mol. The number of benzene rings is 1. The molecule has 1 aliphatic rings. The van der Waals surface area contributed by atoms with Crippen molar-refractivity contribution in [3.05, 3.63) is 51.9 Å². The quantitative estimate of drug-likeness (QED) is 0.524. The van der Waals surface area contributed by atoms with Crippen molar-refractivity contribution in [1.82, 2.24) is 14.5 Å². The van der Waals surface area contributed by atoms with E-state index in [1.165, 1.54) is 10.9 Å². The van der Waals surface area contributed by atoms with Gasteiger partial charge in [-0.3, -0.25) is 4.79 Å². The van der Waals surface area contributed by atoms with Crippen LogP contribution >= 0.6 is 0 Å². The molecule has 0 saturated carbocycles. The third-order valence-electron chi connectivity index (χ3n) is 6.84. The zero-order valence-corrected chi connectivity index (χ0v) is 21.4. The highest BCUT2D eigenvalue weighted by atomic mass is 16.5. The molecule has 4 rings (SSSR count). The molecule has 0 atom stereocenters. The fraction of sp³-hybridized carbons (Fsp3) is 0.536. The summed E-state index contributed by atoms with van der Waals surface area (Å²) in [5, 5.41) is 11.2. The van der Waals surface area contributed by atoms with Crippen LogP contribution in [0.1, 0.15) is 57.6 Å². The summed E-state index contributed by atoms with van der Waals surface area (Å²) < 4.78 is 7.92. The molecule has 0 bridgehead atoms. The minimum atomic E-state index is -0.643. The molecule has 6 nitrogen and oxygen atoms in total. The van der Waals surface area contributed by atoms with Gasteiger partial charge in [-0.2, -0.15) is 0 Å². The molecule has 0 spiro atoms. The second-order valence-electron chi connectivity index (χ2n) is 10.9. The molecule has 1 fully saturated rings. The molecule has 1 aliphatic heterocycles. The molecule has 34 heavy (non-hydrogen) atoms. The van der Waals surface area contributed by atoms with Crippen LogP contribution in [-0.2, 0) is 7.05 Å². The van der Waals surface area contributed by atoms with E-state index in [0.717, 1.165) is 67.2 Å². The minimum absolute atomic E-state index is 0.0348. The van der Waals surface area contributed by atoms with Crippen LogP contribution in [0, 0.1) is 12.8 Å². The molecule has 0 amide bonds. The first kappa shape index (κ1) is 24.6. The Kier molecular flexibility index (Phi) is 6.92. The van der Waals surface area contributed by atoms with Gasteiger partial charge in [0, 0.05) is 41.8 Å². The van der Waals surface area contributed by atoms with Gasteiger partial charge in [-0.05, 0) is 88.4 Å². The van der Waals surface area contributed by atoms with Gasteiger partial charge in [0.05, 0.1) is 17.9 Å². The van der Waals surface area contributed by atoms with E-state index in [9.17, 15) is 9.90 Å². The van der Waals surface area contributed by atoms with Gasteiger partial charge in [0.25, 0.3) is 5.56 Å². The topological polar surface area (TPSA) is 70.5 Å². The summed E-state index contributed by atoms with van der Waals surface area (Å²) in [7, 11) is 1.80. The zero-order valence-electron chi connectivity index (χ0n) is 21.4. The van der Waals surface area contributed by atoms with Crippen molar-refractivity contribution >= 4 is 10.9 Å². The van der Waals surface area contributed by atoms with Gasteiger partial charge in [-0.25, -0.2) is 0 Å². The fourth-order valence-corrected chi connectivity index (χ4v) is 5.20. The first-order chi connectivity index (χ1) is 16.0. The Morgan fingerprint density at radius 1 is 1.21 bits per heavy atom. The van der Waals surface area contributed by atoms with Gasteiger partial charge in [-0.1, -0.05) is 13.8 Å². The van der Waals surface area contributed by atoms with Gasteiger partial charge in [0.2, 0.25) is 0 Å². The maximum atomic E-state index is 12.2. The number of fused-ring (bicyclic) bond motifs is 1. The van der Waals surface area contributed by atoms with Crippen molar-refractivity contribution in [3.8, 4) is 17.0 Å². The summed E-state index contributed by atoms with van der Waals surface area (Å²) in [5.74, 6) is 1.75. The van der Waals surface area contributed by atoms with Gasteiger partial charge < -0.3 is 24.3 Å². The van der Waals surface area contributed by atoms with Gasteiger partial charge in [-0.15, -0.1) is 0 Å². The van der Waals surface area contributed by atoms with E-state index in [4.69, 9.17) is 4.74 Å². The fourth-order valence-electron chi connectivity index (χ4n) is 5.20. The van der Waals surface area contributed by atoms with E-state index in [1.54, 1.807) is 11.6 Å². The molecule has 3 heterocycles. The number of H-pyrrole nitrogens is 1. The number of aryl methyl sites for hydroxylation is 2. The number of hydrogen-bond acceptors (Lipinski definition) is 4. The third-order valence-corrected chi connectivity index (χ3v) is 6.84. The number of pyridine rings is 1. The molecular formula is C28H39N3O3. The number of aliphatic hydroxyl groups is 1. The molecule has 2 aromatic heterocycles. The molecule has 1 aromatic carbocycles. The summed E-state index contributed by atoms with van der Waals surface area (Å²) in [6, 6.07) is 8.27. The lowest BCUT2D eigenvalue weighted by molar-refractivity contribution is 0.0212. The summed E-state index contributed by atoms with van der Waals surface area (Å²) in [6.45, 7) is 13.5. The van der Waals surface area contributed by atoms with Crippen molar-refractivity contribution in [2.45, 2.75) is 59.0 Å². The number of ether oxygens (including phenoxy) is 1. The Morgan fingerprint density at radius 2 is 1.91 bits per heavy atom. The summed E-state index contributed by atoms with van der Waals surface area (Å²) in [5.41, 5.74) is 4.56. The Labute approximate surface area is 202 Å². The van der Waals surface area contributed by atoms with Crippen LogP contribution in [0.15, 0.2) is 35.3 Å². The summed E-state index contributed by atoms with van der Waals surface area (Å²) >= 11 is 0. The minimum Gasteiger partial charge on any atom is -0.493 e. The molecular weight excluding hydrogens is 426 g/mol. The smallest absolute Gasteiger partial charge is 0.253 e. The first-order valence-electron chi connectivity index (χ1n) is 12.4. The van der Waals surface area contributed by atoms with Crippen molar-refractivity contribution in [2.75, 3.05) is 26.2 Å². The lowest BCUT2D eigenvalue weighted by Crippen LogP contribution is -2.43. The van der Waals surface area contributed by atoms with Crippen molar-refractivity contribution in [3.63, 3.8) is 0 Å². The van der Waals surface area contributed by atoms with Gasteiger partial charge in [0.15, 0.2) is 0 Å². The molecule has 0 unspecified atom stereocenters. The third kappa shape index (κ3) is 5.39. The molecule has 184 valence electrons. The van der Waals surface area contributed by atoms with Crippen LogP contribution in [0.5, 0.6) is 5.75 Å². The number of likely N-dealkylation sites (tertiary alicyclic amines) is 1. The molecule has 3 aromatic rings. The molecule has 6 heteroatoms. The van der Waals surface area contributed by atoms with E-state index in [0.29, 0.717) is 11.8 Å². The molecule has 0 aliphatic carbocycles. The number of nitrogens with zero attached hydrogens (tertiary/aromatic N) is 2. The highest BCUT2D eigenvalue weighted by Gasteiger charge is 2.24. The van der Waals surface area contributed by atoms with E-state index < -0.39 is 5.60 Å². The maximum Gasteiger partial charge on any atom is 0.253 e. The standard InChI is InChI=1S/C28H39N3O3/c1-18(2)25-23-14-22(34-16-20-9-11-31(12-10-20)17-28(4,5)33)7-8-24(23)29-26(25)21-13-19(3)27(32)30(6)15-21/h7-8,13-15,18,20,29,33H,9-12,16-17H2,1-6H3. The van der Waals surface area contributed by atoms with E-state index in [-0.39, 0.29) is 5.56 Å². The van der Waals surface area contributed by atoms with E-state index in [1.807, 2.05) is 39.1 Å². The molecule has 2 N–H and O–H groups in total. The molecule has 0 radical (unpaired) electrons. The van der Waals surface area contributed by atoms with E-state index >= 15 is 0 Å². The Hall–Kier alpha value is -2.57. The number of hydrogen-bond donors (Lipinski definition) is 2. The predicted molar refractivity (Wildman–Crippen MR) is 139 cm³/mol. The van der Waals surface area contributed by atoms with Gasteiger partial charge in [0.1, 0.15) is 5.75 Å². The molecule has 1 saturated heterocycles. The number of piperidine rings is 1. The van der Waals surface area contributed by atoms with Crippen LogP contribution in [0.3, 0.4) is 0 Å². The maximum absolute atomic E-state index is 12.2. The summed E-state index contributed by atoms with van der Waals surface area (Å²) in [6.07, 6.45) is 4.10.